The zero-order valence-corrected chi connectivity index (χ0v) is 19.4. The van der Waals surface area contributed by atoms with Crippen LogP contribution in [-0.4, -0.2) is 23.9 Å². The highest BCUT2D eigenvalue weighted by Gasteiger charge is 2.12. The van der Waals surface area contributed by atoms with Gasteiger partial charge < -0.3 is 14.8 Å². The Morgan fingerprint density at radius 3 is 2.53 bits per heavy atom. The Kier molecular flexibility index (Phi) is 8.29. The predicted octanol–water partition coefficient (Wildman–Crippen LogP) is 5.53. The highest BCUT2D eigenvalue weighted by atomic mass is 79.9. The largest absolute Gasteiger partial charge is 0.494 e. The molecule has 9 heteroatoms. The molecule has 2 N–H and O–H groups in total. The van der Waals surface area contributed by atoms with Gasteiger partial charge in [-0.3, -0.25) is 5.43 Å². The summed E-state index contributed by atoms with van der Waals surface area (Å²) in [5.74, 6) is 0.160. The van der Waals surface area contributed by atoms with Crippen LogP contribution in [0, 0.1) is 5.82 Å². The predicted molar refractivity (Wildman–Crippen MR) is 130 cm³/mol. The lowest BCUT2D eigenvalue weighted by atomic mass is 10.2. The van der Waals surface area contributed by atoms with Crippen LogP contribution < -0.4 is 20.2 Å². The summed E-state index contributed by atoms with van der Waals surface area (Å²) in [6.07, 6.45) is 1.48. The zero-order valence-electron chi connectivity index (χ0n) is 17.0. The van der Waals surface area contributed by atoms with Crippen molar-refractivity contribution in [1.29, 1.82) is 0 Å². The molecule has 0 amide bonds. The molecule has 3 aromatic carbocycles. The number of carbonyl (C=O) groups is 1. The number of ether oxygens (including phenoxy) is 2. The van der Waals surface area contributed by atoms with Gasteiger partial charge in [-0.25, -0.2) is 9.18 Å². The third-order valence-electron chi connectivity index (χ3n) is 4.05. The Bertz CT molecular complexity index is 1120. The van der Waals surface area contributed by atoms with Crippen LogP contribution in [0.3, 0.4) is 0 Å². The molecular formula is C23H19BrFN3O3S. The SMILES string of the molecule is CCOc1ccc(C(=O)Oc2ccc(Br)cc2/C=N\NC(=S)Nc2ccc(F)cc2)cc1. The number of thiocarbonyl (C=S) groups is 1. The molecule has 0 radical (unpaired) electrons. The fraction of sp³-hybridized carbons (Fsp3) is 0.0870. The number of nitrogens with one attached hydrogen (secondary N) is 2. The summed E-state index contributed by atoms with van der Waals surface area (Å²) < 4.78 is 24.7. The van der Waals surface area contributed by atoms with Gasteiger partial charge in [-0.1, -0.05) is 15.9 Å². The molecule has 3 rings (SSSR count). The first-order valence-electron chi connectivity index (χ1n) is 9.55. The Morgan fingerprint density at radius 1 is 1.12 bits per heavy atom. The first-order valence-corrected chi connectivity index (χ1v) is 10.7. The van der Waals surface area contributed by atoms with Gasteiger partial charge in [0.25, 0.3) is 0 Å². The molecule has 0 fully saturated rings. The topological polar surface area (TPSA) is 72.0 Å². The zero-order chi connectivity index (χ0) is 22.9. The number of hydrogen-bond donors (Lipinski definition) is 2. The number of hydrogen-bond acceptors (Lipinski definition) is 5. The van der Waals surface area contributed by atoms with Gasteiger partial charge in [-0.2, -0.15) is 5.10 Å². The van der Waals surface area contributed by atoms with E-state index < -0.39 is 5.97 Å². The van der Waals surface area contributed by atoms with Crippen LogP contribution in [0.5, 0.6) is 11.5 Å². The molecule has 0 bridgehead atoms. The summed E-state index contributed by atoms with van der Waals surface area (Å²) in [5, 5.41) is 7.19. The number of hydrazone groups is 1. The summed E-state index contributed by atoms with van der Waals surface area (Å²) in [4.78, 5) is 12.5. The molecular weight excluding hydrogens is 497 g/mol. The van der Waals surface area contributed by atoms with Gasteiger partial charge in [0.05, 0.1) is 18.4 Å². The minimum Gasteiger partial charge on any atom is -0.494 e. The summed E-state index contributed by atoms with van der Waals surface area (Å²) >= 11 is 8.57. The monoisotopic (exact) mass is 515 g/mol. The molecule has 0 unspecified atom stereocenters. The van der Waals surface area contributed by atoms with E-state index in [-0.39, 0.29) is 10.9 Å². The Hall–Kier alpha value is -3.30. The van der Waals surface area contributed by atoms with E-state index in [1.807, 2.05) is 6.92 Å². The van der Waals surface area contributed by atoms with Gasteiger partial charge in [0.15, 0.2) is 5.11 Å². The van der Waals surface area contributed by atoms with Crippen LogP contribution in [0.2, 0.25) is 0 Å². The second-order valence-electron chi connectivity index (χ2n) is 6.36. The van der Waals surface area contributed by atoms with Crippen molar-refractivity contribution in [3.8, 4) is 11.5 Å². The van der Waals surface area contributed by atoms with Crippen LogP contribution in [-0.2, 0) is 0 Å². The van der Waals surface area contributed by atoms with Crippen molar-refractivity contribution in [3.63, 3.8) is 0 Å². The molecule has 0 aromatic heterocycles. The molecule has 0 saturated heterocycles. The number of rotatable bonds is 7. The van der Waals surface area contributed by atoms with Crippen LogP contribution in [0.4, 0.5) is 10.1 Å². The van der Waals surface area contributed by atoms with Gasteiger partial charge >= 0.3 is 5.97 Å². The molecule has 0 saturated carbocycles. The molecule has 0 aliphatic rings. The standard InChI is InChI=1S/C23H19BrFN3O3S/c1-2-30-20-10-3-15(4-11-20)22(29)31-21-12-5-17(24)13-16(21)14-26-28-23(32)27-19-8-6-18(25)7-9-19/h3-14H,2H2,1H3,(H2,27,28,32)/b26-14-. The minimum absolute atomic E-state index is 0.218. The summed E-state index contributed by atoms with van der Waals surface area (Å²) in [6.45, 7) is 2.43. The highest BCUT2D eigenvalue weighted by Crippen LogP contribution is 2.23. The second-order valence-corrected chi connectivity index (χ2v) is 7.68. The first-order chi connectivity index (χ1) is 15.4. The molecule has 0 atom stereocenters. The Morgan fingerprint density at radius 2 is 1.84 bits per heavy atom. The molecule has 32 heavy (non-hydrogen) atoms. The maximum absolute atomic E-state index is 13.0. The number of halogens is 2. The van der Waals surface area contributed by atoms with E-state index in [0.717, 1.165) is 4.47 Å². The smallest absolute Gasteiger partial charge is 0.343 e. The van der Waals surface area contributed by atoms with Gasteiger partial charge in [-0.15, -0.1) is 0 Å². The van der Waals surface area contributed by atoms with E-state index >= 15 is 0 Å². The molecule has 6 nitrogen and oxygen atoms in total. The van der Waals surface area contributed by atoms with Crippen LogP contribution in [0.25, 0.3) is 0 Å². The van der Waals surface area contributed by atoms with Crippen LogP contribution in [0.15, 0.2) is 76.3 Å². The lowest BCUT2D eigenvalue weighted by Crippen LogP contribution is -2.23. The quantitative estimate of drug-likeness (QED) is 0.142. The first kappa shape index (κ1) is 23.4. The van der Waals surface area contributed by atoms with Gasteiger partial charge in [0.2, 0.25) is 0 Å². The van der Waals surface area contributed by atoms with Gasteiger partial charge in [0.1, 0.15) is 17.3 Å². The lowest BCUT2D eigenvalue weighted by Gasteiger charge is -2.09. The second kappa shape index (κ2) is 11.4. The molecule has 0 aliphatic carbocycles. The number of benzene rings is 3. The Labute approximate surface area is 198 Å². The maximum Gasteiger partial charge on any atom is 0.343 e. The van der Waals surface area contributed by atoms with Crippen LogP contribution in [0.1, 0.15) is 22.8 Å². The third-order valence-corrected chi connectivity index (χ3v) is 4.73. The number of anilines is 1. The van der Waals surface area contributed by atoms with E-state index in [9.17, 15) is 9.18 Å². The van der Waals surface area contributed by atoms with Crippen molar-refractivity contribution in [3.05, 3.63) is 88.1 Å². The van der Waals surface area contributed by atoms with Crippen molar-refractivity contribution in [2.45, 2.75) is 6.92 Å². The van der Waals surface area contributed by atoms with Crippen molar-refractivity contribution in [1.82, 2.24) is 5.43 Å². The van der Waals surface area contributed by atoms with E-state index in [1.54, 1.807) is 54.6 Å². The van der Waals surface area contributed by atoms with Crippen molar-refractivity contribution in [2.24, 2.45) is 5.10 Å². The fourth-order valence-corrected chi connectivity index (χ4v) is 3.13. The highest BCUT2D eigenvalue weighted by molar-refractivity contribution is 9.10. The molecule has 0 heterocycles. The number of esters is 1. The van der Waals surface area contributed by atoms with Crippen molar-refractivity contribution >= 4 is 51.1 Å². The van der Waals surface area contributed by atoms with E-state index in [0.29, 0.717) is 34.9 Å². The number of nitrogens with zero attached hydrogens (tertiary/aromatic N) is 1. The fourth-order valence-electron chi connectivity index (χ4n) is 2.58. The van der Waals surface area contributed by atoms with E-state index in [4.69, 9.17) is 21.7 Å². The normalized spacial score (nSPS) is 10.6. The average molecular weight is 516 g/mol. The van der Waals surface area contributed by atoms with Crippen molar-refractivity contribution < 1.29 is 18.7 Å². The Balaban J connectivity index is 1.65. The summed E-state index contributed by atoms with van der Waals surface area (Å²) in [5.41, 5.74) is 4.23. The van der Waals surface area contributed by atoms with E-state index in [1.165, 1.54) is 18.3 Å². The van der Waals surface area contributed by atoms with Gasteiger partial charge in [0, 0.05) is 15.7 Å². The van der Waals surface area contributed by atoms with E-state index in [2.05, 4.69) is 31.8 Å². The average Bonchev–Trinajstić information content (AvgIpc) is 2.78. The number of carbonyl (C=O) groups excluding carboxylic acids is 1. The van der Waals surface area contributed by atoms with Crippen molar-refractivity contribution in [2.75, 3.05) is 11.9 Å². The molecule has 164 valence electrons. The molecule has 3 aromatic rings. The maximum atomic E-state index is 13.0. The third kappa shape index (κ3) is 6.86. The summed E-state index contributed by atoms with van der Waals surface area (Å²) in [7, 11) is 0. The molecule has 0 spiro atoms. The van der Waals surface area contributed by atoms with Gasteiger partial charge in [-0.05, 0) is 85.9 Å². The molecule has 0 aliphatic heterocycles. The summed E-state index contributed by atoms with van der Waals surface area (Å²) in [6, 6.07) is 17.6. The van der Waals surface area contributed by atoms with Crippen LogP contribution >= 0.6 is 28.1 Å². The minimum atomic E-state index is -0.508. The lowest BCUT2D eigenvalue weighted by molar-refractivity contribution is 0.0734.